The predicted molar refractivity (Wildman–Crippen MR) is 147 cm³/mol. The van der Waals surface area contributed by atoms with Crippen molar-refractivity contribution < 1.29 is 19.1 Å². The van der Waals surface area contributed by atoms with Crippen LogP contribution in [0.25, 0.3) is 0 Å². The Hall–Kier alpha value is -2.77. The molecule has 9 heteroatoms. The van der Waals surface area contributed by atoms with Crippen LogP contribution in [0.15, 0.2) is 60.7 Å². The van der Waals surface area contributed by atoms with Crippen molar-refractivity contribution >= 4 is 52.3 Å². The molecule has 0 bridgehead atoms. The summed E-state index contributed by atoms with van der Waals surface area (Å²) in [6.45, 7) is 1.20. The Morgan fingerprint density at radius 2 is 1.68 bits per heavy atom. The van der Waals surface area contributed by atoms with Crippen LogP contribution in [0.5, 0.6) is 5.75 Å². The van der Waals surface area contributed by atoms with Crippen LogP contribution < -0.4 is 15.4 Å². The molecule has 0 aromatic heterocycles. The summed E-state index contributed by atoms with van der Waals surface area (Å²) in [6, 6.07) is 17.4. The Balaban J connectivity index is 1.58. The molecular formula is C29H25Cl3N2O4. The second-order valence-electron chi connectivity index (χ2n) is 9.91. The number of carbonyl (C=O) groups excluding carboxylic acids is 2. The van der Waals surface area contributed by atoms with E-state index in [2.05, 4.69) is 10.6 Å². The number of carbonyl (C=O) groups is 2. The molecular weight excluding hydrogens is 547 g/mol. The molecule has 3 aromatic rings. The van der Waals surface area contributed by atoms with Crippen LogP contribution in [0.1, 0.15) is 47.9 Å². The van der Waals surface area contributed by atoms with Gasteiger partial charge in [0.25, 0.3) is 0 Å². The van der Waals surface area contributed by atoms with E-state index in [9.17, 15) is 9.59 Å². The first-order valence-electron chi connectivity index (χ1n) is 12.6. The molecule has 0 unspecified atom stereocenters. The molecule has 0 aliphatic carbocycles. The van der Waals surface area contributed by atoms with Gasteiger partial charge in [0.1, 0.15) is 17.3 Å². The number of para-hydroxylation sites is 1. The number of halogens is 3. The van der Waals surface area contributed by atoms with E-state index in [0.29, 0.717) is 45.3 Å². The monoisotopic (exact) mass is 570 g/mol. The van der Waals surface area contributed by atoms with Gasteiger partial charge < -0.3 is 20.1 Å². The molecule has 3 heterocycles. The zero-order valence-corrected chi connectivity index (χ0v) is 22.6. The van der Waals surface area contributed by atoms with Crippen molar-refractivity contribution in [3.8, 4) is 5.75 Å². The van der Waals surface area contributed by atoms with Crippen molar-refractivity contribution in [1.29, 1.82) is 0 Å². The Kier molecular flexibility index (Phi) is 6.77. The highest BCUT2D eigenvalue weighted by Crippen LogP contribution is 2.59. The third-order valence-electron chi connectivity index (χ3n) is 7.76. The van der Waals surface area contributed by atoms with E-state index < -0.39 is 17.4 Å². The van der Waals surface area contributed by atoms with Crippen molar-refractivity contribution in [2.24, 2.45) is 0 Å². The molecule has 6 rings (SSSR count). The van der Waals surface area contributed by atoms with E-state index in [1.165, 1.54) is 0 Å². The lowest BCUT2D eigenvalue weighted by molar-refractivity contribution is -0.131. The number of piperidine rings is 1. The molecule has 0 radical (unpaired) electrons. The molecule has 3 aliphatic heterocycles. The molecule has 2 saturated heterocycles. The summed E-state index contributed by atoms with van der Waals surface area (Å²) in [6.07, 6.45) is 1.45. The molecule has 196 valence electrons. The SMILES string of the molecule is O=C1C[C@@H](c2cccc(Cl)c2)[C@]2(C(=O)Nc3cc(Cl)ccc32)[C@@H](c2cccc(Cl)c2OC2CCOCC2)N1. The van der Waals surface area contributed by atoms with Gasteiger partial charge in [0.15, 0.2) is 0 Å². The lowest BCUT2D eigenvalue weighted by Crippen LogP contribution is -2.57. The number of nitrogens with one attached hydrogen (secondary N) is 2. The number of anilines is 1. The minimum Gasteiger partial charge on any atom is -0.488 e. The van der Waals surface area contributed by atoms with E-state index in [0.717, 1.165) is 24.0 Å². The molecule has 6 nitrogen and oxygen atoms in total. The Bertz CT molecular complexity index is 1420. The lowest BCUT2D eigenvalue weighted by Gasteiger charge is -2.46. The van der Waals surface area contributed by atoms with Gasteiger partial charge in [0.2, 0.25) is 11.8 Å². The highest BCUT2D eigenvalue weighted by Gasteiger charge is 2.61. The maximum absolute atomic E-state index is 14.2. The van der Waals surface area contributed by atoms with Gasteiger partial charge in [0, 0.05) is 46.5 Å². The third-order valence-corrected chi connectivity index (χ3v) is 8.53. The number of rotatable bonds is 4. The fourth-order valence-corrected chi connectivity index (χ4v) is 6.70. The highest BCUT2D eigenvalue weighted by atomic mass is 35.5. The first-order chi connectivity index (χ1) is 18.4. The van der Waals surface area contributed by atoms with Crippen LogP contribution in [0, 0.1) is 0 Å². The van der Waals surface area contributed by atoms with Gasteiger partial charge in [0.05, 0.1) is 24.3 Å². The Morgan fingerprint density at radius 1 is 0.921 bits per heavy atom. The van der Waals surface area contributed by atoms with Gasteiger partial charge in [-0.25, -0.2) is 0 Å². The van der Waals surface area contributed by atoms with Crippen LogP contribution in [-0.2, 0) is 19.7 Å². The first-order valence-corrected chi connectivity index (χ1v) is 13.7. The fourth-order valence-electron chi connectivity index (χ4n) is 6.11. The average Bonchev–Trinajstić information content (AvgIpc) is 3.18. The number of hydrogen-bond donors (Lipinski definition) is 2. The highest BCUT2D eigenvalue weighted by molar-refractivity contribution is 6.32. The molecule has 3 aliphatic rings. The first kappa shape index (κ1) is 25.5. The van der Waals surface area contributed by atoms with Crippen molar-refractivity contribution in [3.05, 3.63) is 92.4 Å². The van der Waals surface area contributed by atoms with Crippen LogP contribution in [0.3, 0.4) is 0 Å². The fraction of sp³-hybridized carbons (Fsp3) is 0.310. The Labute approximate surface area is 235 Å². The number of ether oxygens (including phenoxy) is 2. The van der Waals surface area contributed by atoms with E-state index in [4.69, 9.17) is 44.3 Å². The average molecular weight is 572 g/mol. The van der Waals surface area contributed by atoms with Gasteiger partial charge in [-0.1, -0.05) is 65.1 Å². The second kappa shape index (κ2) is 10.1. The van der Waals surface area contributed by atoms with E-state index in [1.807, 2.05) is 36.4 Å². The van der Waals surface area contributed by atoms with Crippen molar-refractivity contribution in [2.75, 3.05) is 18.5 Å². The topological polar surface area (TPSA) is 76.7 Å². The van der Waals surface area contributed by atoms with Crippen LogP contribution in [0.2, 0.25) is 15.1 Å². The number of amides is 2. The third kappa shape index (κ3) is 4.24. The van der Waals surface area contributed by atoms with Crippen LogP contribution in [0.4, 0.5) is 5.69 Å². The summed E-state index contributed by atoms with van der Waals surface area (Å²) >= 11 is 19.4. The van der Waals surface area contributed by atoms with Gasteiger partial charge in [-0.3, -0.25) is 9.59 Å². The lowest BCUT2D eigenvalue weighted by atomic mass is 9.59. The van der Waals surface area contributed by atoms with Gasteiger partial charge in [-0.05, 0) is 41.5 Å². The summed E-state index contributed by atoms with van der Waals surface area (Å²) in [5.41, 5.74) is 1.59. The maximum atomic E-state index is 14.2. The predicted octanol–water partition coefficient (Wildman–Crippen LogP) is 6.44. The minimum atomic E-state index is -1.21. The van der Waals surface area contributed by atoms with Crippen molar-refractivity contribution in [1.82, 2.24) is 5.32 Å². The standard InChI is InChI=1S/C29H25Cl3N2O4/c30-17-4-1-3-16(13-17)22-15-25(35)34-27(29(22)21-8-7-18(31)14-24(21)33-28(29)36)20-5-2-6-23(32)26(20)38-19-9-11-37-12-10-19/h1-8,13-14,19,22,27H,9-12,15H2,(H,33,36)(H,34,35)/t22-,27+,29-/m0/s1. The van der Waals surface area contributed by atoms with Gasteiger partial charge >= 0.3 is 0 Å². The van der Waals surface area contributed by atoms with Gasteiger partial charge in [-0.15, -0.1) is 0 Å². The Morgan fingerprint density at radius 3 is 2.47 bits per heavy atom. The van der Waals surface area contributed by atoms with E-state index >= 15 is 0 Å². The molecule has 2 N–H and O–H groups in total. The molecule has 0 saturated carbocycles. The zero-order chi connectivity index (χ0) is 26.4. The molecule has 2 amide bonds. The van der Waals surface area contributed by atoms with Crippen molar-refractivity contribution in [3.63, 3.8) is 0 Å². The summed E-state index contributed by atoms with van der Waals surface area (Å²) in [5.74, 6) is -0.468. The molecule has 38 heavy (non-hydrogen) atoms. The quantitative estimate of drug-likeness (QED) is 0.378. The van der Waals surface area contributed by atoms with Crippen LogP contribution in [-0.4, -0.2) is 31.1 Å². The minimum absolute atomic E-state index is 0.0927. The summed E-state index contributed by atoms with van der Waals surface area (Å²) < 4.78 is 12.0. The number of benzene rings is 3. The maximum Gasteiger partial charge on any atom is 0.238 e. The molecule has 1 spiro atoms. The number of fused-ring (bicyclic) bond motifs is 2. The molecule has 3 aromatic carbocycles. The van der Waals surface area contributed by atoms with Crippen LogP contribution >= 0.6 is 34.8 Å². The summed E-state index contributed by atoms with van der Waals surface area (Å²) in [7, 11) is 0. The molecule has 3 atom stereocenters. The summed E-state index contributed by atoms with van der Waals surface area (Å²) in [4.78, 5) is 27.6. The zero-order valence-electron chi connectivity index (χ0n) is 20.3. The van der Waals surface area contributed by atoms with Gasteiger partial charge in [-0.2, -0.15) is 0 Å². The van der Waals surface area contributed by atoms with E-state index in [1.54, 1.807) is 24.3 Å². The normalized spacial score (nSPS) is 25.1. The summed E-state index contributed by atoms with van der Waals surface area (Å²) in [5, 5.41) is 7.63. The van der Waals surface area contributed by atoms with E-state index in [-0.39, 0.29) is 24.3 Å². The second-order valence-corrected chi connectivity index (χ2v) is 11.2. The molecule has 2 fully saturated rings. The largest absolute Gasteiger partial charge is 0.488 e. The van der Waals surface area contributed by atoms with Crippen molar-refractivity contribution in [2.45, 2.75) is 42.7 Å². The smallest absolute Gasteiger partial charge is 0.238 e. The number of hydrogen-bond acceptors (Lipinski definition) is 4.